The van der Waals surface area contributed by atoms with Crippen LogP contribution in [0.5, 0.6) is 0 Å². The Labute approximate surface area is 164 Å². The van der Waals surface area contributed by atoms with Crippen LogP contribution in [0.4, 0.5) is 0 Å². The van der Waals surface area contributed by atoms with Crippen molar-refractivity contribution in [2.24, 2.45) is 0 Å². The number of thioether (sulfide) groups is 1. The van der Waals surface area contributed by atoms with Crippen molar-refractivity contribution in [2.45, 2.75) is 43.3 Å². The molecule has 0 bridgehead atoms. The number of nitrogens with zero attached hydrogens (tertiary/aromatic N) is 4. The third kappa shape index (κ3) is 4.90. The van der Waals surface area contributed by atoms with Crippen LogP contribution in [0.1, 0.15) is 43.0 Å². The molecule has 0 unspecified atom stereocenters. The Morgan fingerprint density at radius 3 is 2.59 bits per heavy atom. The second-order valence-corrected chi connectivity index (χ2v) is 8.36. The van der Waals surface area contributed by atoms with Gasteiger partial charge in [-0.05, 0) is 18.4 Å². The van der Waals surface area contributed by atoms with Gasteiger partial charge in [-0.1, -0.05) is 54.9 Å². The minimum atomic E-state index is 0.187. The SMILES string of the molecule is O=C(CSc1n[nH]c(C2CCCC2)n1)N1CCN(Cc2ccccc2)CC1. The van der Waals surface area contributed by atoms with E-state index in [-0.39, 0.29) is 5.91 Å². The van der Waals surface area contributed by atoms with Crippen molar-refractivity contribution in [3.63, 3.8) is 0 Å². The summed E-state index contributed by atoms with van der Waals surface area (Å²) in [6.07, 6.45) is 4.96. The van der Waals surface area contributed by atoms with Crippen molar-refractivity contribution in [1.29, 1.82) is 0 Å². The zero-order chi connectivity index (χ0) is 18.5. The number of hydrogen-bond donors (Lipinski definition) is 1. The quantitative estimate of drug-likeness (QED) is 0.775. The van der Waals surface area contributed by atoms with Gasteiger partial charge in [-0.25, -0.2) is 4.98 Å². The van der Waals surface area contributed by atoms with E-state index in [0.717, 1.165) is 38.5 Å². The van der Waals surface area contributed by atoms with Gasteiger partial charge in [0.05, 0.1) is 5.75 Å². The highest BCUT2D eigenvalue weighted by Gasteiger charge is 2.23. The third-order valence-corrected chi connectivity index (χ3v) is 6.35. The fourth-order valence-electron chi connectivity index (χ4n) is 3.92. The lowest BCUT2D eigenvalue weighted by Gasteiger charge is -2.34. The number of benzene rings is 1. The number of aromatic nitrogens is 3. The Hall–Kier alpha value is -1.86. The molecule has 144 valence electrons. The summed E-state index contributed by atoms with van der Waals surface area (Å²) in [5, 5.41) is 8.05. The van der Waals surface area contributed by atoms with Crippen LogP contribution in [-0.4, -0.2) is 62.8 Å². The van der Waals surface area contributed by atoms with E-state index in [0.29, 0.717) is 16.8 Å². The van der Waals surface area contributed by atoms with Crippen LogP contribution in [0.15, 0.2) is 35.5 Å². The van der Waals surface area contributed by atoms with Crippen molar-refractivity contribution in [2.75, 3.05) is 31.9 Å². The molecule has 27 heavy (non-hydrogen) atoms. The fraction of sp³-hybridized carbons (Fsp3) is 0.550. The van der Waals surface area contributed by atoms with Gasteiger partial charge in [0.2, 0.25) is 11.1 Å². The molecule has 4 rings (SSSR count). The van der Waals surface area contributed by atoms with Crippen LogP contribution >= 0.6 is 11.8 Å². The molecule has 2 aliphatic rings. The highest BCUT2D eigenvalue weighted by Crippen LogP contribution is 2.32. The van der Waals surface area contributed by atoms with Crippen molar-refractivity contribution in [3.05, 3.63) is 41.7 Å². The number of rotatable bonds is 6. The van der Waals surface area contributed by atoms with Gasteiger partial charge in [-0.3, -0.25) is 14.8 Å². The zero-order valence-corrected chi connectivity index (χ0v) is 16.5. The summed E-state index contributed by atoms with van der Waals surface area (Å²) >= 11 is 1.45. The summed E-state index contributed by atoms with van der Waals surface area (Å²) in [5.74, 6) is 2.13. The average molecular weight is 386 g/mol. The predicted octanol–water partition coefficient (Wildman–Crippen LogP) is 2.90. The number of amides is 1. The van der Waals surface area contributed by atoms with E-state index in [1.807, 2.05) is 11.0 Å². The summed E-state index contributed by atoms with van der Waals surface area (Å²) in [7, 11) is 0. The second-order valence-electron chi connectivity index (χ2n) is 7.42. The van der Waals surface area contributed by atoms with Crippen LogP contribution in [0, 0.1) is 0 Å². The minimum Gasteiger partial charge on any atom is -0.339 e. The number of carbonyl (C=O) groups is 1. The van der Waals surface area contributed by atoms with Crippen LogP contribution in [0.3, 0.4) is 0 Å². The van der Waals surface area contributed by atoms with Crippen LogP contribution < -0.4 is 0 Å². The Morgan fingerprint density at radius 2 is 1.85 bits per heavy atom. The van der Waals surface area contributed by atoms with E-state index < -0.39 is 0 Å². The maximum absolute atomic E-state index is 12.5. The van der Waals surface area contributed by atoms with Gasteiger partial charge in [0.1, 0.15) is 5.82 Å². The molecular weight excluding hydrogens is 358 g/mol. The lowest BCUT2D eigenvalue weighted by molar-refractivity contribution is -0.130. The molecular formula is C20H27N5OS. The normalized spacial score (nSPS) is 18.9. The highest BCUT2D eigenvalue weighted by molar-refractivity contribution is 7.99. The Bertz CT molecular complexity index is 736. The molecule has 1 saturated carbocycles. The highest BCUT2D eigenvalue weighted by atomic mass is 32.2. The molecule has 1 N–H and O–H groups in total. The van der Waals surface area contributed by atoms with Crippen LogP contribution in [-0.2, 0) is 11.3 Å². The largest absolute Gasteiger partial charge is 0.339 e. The zero-order valence-electron chi connectivity index (χ0n) is 15.6. The summed E-state index contributed by atoms with van der Waals surface area (Å²) < 4.78 is 0. The monoisotopic (exact) mass is 385 g/mol. The number of piperazine rings is 1. The van der Waals surface area contributed by atoms with Crippen LogP contribution in [0.25, 0.3) is 0 Å². The number of aromatic amines is 1. The molecule has 0 radical (unpaired) electrons. The molecule has 7 heteroatoms. The smallest absolute Gasteiger partial charge is 0.233 e. The molecule has 1 aliphatic carbocycles. The van der Waals surface area contributed by atoms with E-state index >= 15 is 0 Å². The van der Waals surface area contributed by atoms with Gasteiger partial charge in [0, 0.05) is 38.6 Å². The molecule has 1 amide bonds. The van der Waals surface area contributed by atoms with Gasteiger partial charge < -0.3 is 4.90 Å². The van der Waals surface area contributed by atoms with E-state index in [4.69, 9.17) is 0 Å². The first-order valence-electron chi connectivity index (χ1n) is 9.87. The Morgan fingerprint density at radius 1 is 1.11 bits per heavy atom. The maximum Gasteiger partial charge on any atom is 0.233 e. The number of carbonyl (C=O) groups excluding carboxylic acids is 1. The predicted molar refractivity (Wildman–Crippen MR) is 107 cm³/mol. The molecule has 1 saturated heterocycles. The first-order chi connectivity index (χ1) is 13.3. The van der Waals surface area contributed by atoms with Gasteiger partial charge >= 0.3 is 0 Å². The molecule has 0 atom stereocenters. The molecule has 2 aromatic rings. The Kier molecular flexibility index (Phi) is 6.09. The molecule has 0 spiro atoms. The molecule has 1 aromatic carbocycles. The third-order valence-electron chi connectivity index (χ3n) is 5.52. The number of H-pyrrole nitrogens is 1. The van der Waals surface area contributed by atoms with E-state index in [2.05, 4.69) is 44.3 Å². The van der Waals surface area contributed by atoms with Crippen LogP contribution in [0.2, 0.25) is 0 Å². The number of nitrogens with one attached hydrogen (secondary N) is 1. The average Bonchev–Trinajstić information content (AvgIpc) is 3.39. The summed E-state index contributed by atoms with van der Waals surface area (Å²) in [6, 6.07) is 10.5. The minimum absolute atomic E-state index is 0.187. The summed E-state index contributed by atoms with van der Waals surface area (Å²) in [5.41, 5.74) is 1.33. The van der Waals surface area contributed by atoms with Gasteiger partial charge in [-0.2, -0.15) is 0 Å². The lowest BCUT2D eigenvalue weighted by Crippen LogP contribution is -2.48. The molecule has 2 heterocycles. The van der Waals surface area contributed by atoms with Crippen molar-refractivity contribution < 1.29 is 4.79 Å². The Balaban J connectivity index is 1.20. The number of hydrogen-bond acceptors (Lipinski definition) is 5. The standard InChI is InChI=1S/C20H27N5OS/c26-18(15-27-20-21-19(22-23-20)17-8-4-5-9-17)25-12-10-24(11-13-25)14-16-6-2-1-3-7-16/h1-3,6-7,17H,4-5,8-15H2,(H,21,22,23). The van der Waals surface area contributed by atoms with E-state index in [1.54, 1.807) is 0 Å². The van der Waals surface area contributed by atoms with E-state index in [1.165, 1.54) is 43.0 Å². The van der Waals surface area contributed by atoms with E-state index in [9.17, 15) is 4.79 Å². The first-order valence-corrected chi connectivity index (χ1v) is 10.9. The van der Waals surface area contributed by atoms with Gasteiger partial charge in [0.15, 0.2) is 0 Å². The second kappa shape index (κ2) is 8.89. The molecule has 1 aromatic heterocycles. The lowest BCUT2D eigenvalue weighted by atomic mass is 10.1. The van der Waals surface area contributed by atoms with Gasteiger partial charge in [-0.15, -0.1) is 5.10 Å². The molecule has 1 aliphatic heterocycles. The maximum atomic E-state index is 12.5. The van der Waals surface area contributed by atoms with Gasteiger partial charge in [0.25, 0.3) is 0 Å². The van der Waals surface area contributed by atoms with Crippen molar-refractivity contribution >= 4 is 17.7 Å². The summed E-state index contributed by atoms with van der Waals surface area (Å²) in [4.78, 5) is 21.5. The fourth-order valence-corrected chi connectivity index (χ4v) is 4.63. The topological polar surface area (TPSA) is 65.1 Å². The van der Waals surface area contributed by atoms with Crippen molar-refractivity contribution in [3.8, 4) is 0 Å². The molecule has 6 nitrogen and oxygen atoms in total. The summed E-state index contributed by atoms with van der Waals surface area (Å²) in [6.45, 7) is 4.41. The van der Waals surface area contributed by atoms with Crippen molar-refractivity contribution in [1.82, 2.24) is 25.0 Å². The first kappa shape index (κ1) is 18.5. The molecule has 2 fully saturated rings.